The minimum absolute atomic E-state index is 0.295. The molecule has 0 saturated heterocycles. The van der Waals surface area contributed by atoms with Gasteiger partial charge < -0.3 is 9.47 Å². The van der Waals surface area contributed by atoms with E-state index in [9.17, 15) is 9.59 Å². The molecular formula is C19H36O4. The molecule has 4 nitrogen and oxygen atoms in total. The summed E-state index contributed by atoms with van der Waals surface area (Å²) in [5, 5.41) is 0. The van der Waals surface area contributed by atoms with Crippen molar-refractivity contribution in [2.24, 2.45) is 0 Å². The first-order chi connectivity index (χ1) is 10.9. The van der Waals surface area contributed by atoms with Crippen molar-refractivity contribution < 1.29 is 19.1 Å². The molecule has 4 heteroatoms. The second-order valence-corrected chi connectivity index (χ2v) is 6.41. The Morgan fingerprint density at radius 1 is 0.652 bits per heavy atom. The van der Waals surface area contributed by atoms with E-state index >= 15 is 0 Å². The Hall–Kier alpha value is -1.06. The van der Waals surface area contributed by atoms with E-state index in [1.165, 1.54) is 0 Å². The Bertz CT molecular complexity index is 320. The number of hydrogen-bond donors (Lipinski definition) is 0. The summed E-state index contributed by atoms with van der Waals surface area (Å²) in [5.74, 6) is -0.936. The average Bonchev–Trinajstić information content (AvgIpc) is 2.53. The van der Waals surface area contributed by atoms with Crippen LogP contribution < -0.4 is 0 Å². The van der Waals surface area contributed by atoms with Gasteiger partial charge in [0.25, 0.3) is 0 Å². The summed E-state index contributed by atoms with van der Waals surface area (Å²) in [6, 6.07) is 0. The van der Waals surface area contributed by atoms with Gasteiger partial charge in [0.1, 0.15) is 17.6 Å². The zero-order valence-corrected chi connectivity index (χ0v) is 16.0. The lowest BCUT2D eigenvalue weighted by Crippen LogP contribution is -2.37. The van der Waals surface area contributed by atoms with Crippen LogP contribution in [0.25, 0.3) is 0 Å². The van der Waals surface area contributed by atoms with Gasteiger partial charge in [-0.1, -0.05) is 54.4 Å². The molecule has 0 aromatic heterocycles. The molecular weight excluding hydrogens is 292 g/mol. The van der Waals surface area contributed by atoms with Gasteiger partial charge in [-0.15, -0.1) is 0 Å². The maximum Gasteiger partial charge on any atom is 0.317 e. The molecule has 0 aromatic carbocycles. The smallest absolute Gasteiger partial charge is 0.317 e. The highest BCUT2D eigenvalue weighted by Crippen LogP contribution is 2.29. The van der Waals surface area contributed by atoms with E-state index in [2.05, 4.69) is 13.8 Å². The summed E-state index contributed by atoms with van der Waals surface area (Å²) in [5.41, 5.74) is -0.885. The molecule has 0 radical (unpaired) electrons. The minimum atomic E-state index is -0.468. The third-order valence-electron chi connectivity index (χ3n) is 4.94. The lowest BCUT2D eigenvalue weighted by molar-refractivity contribution is -0.173. The van der Waals surface area contributed by atoms with Gasteiger partial charge in [-0.2, -0.15) is 0 Å². The van der Waals surface area contributed by atoms with Gasteiger partial charge in [0.05, 0.1) is 0 Å². The lowest BCUT2D eigenvalue weighted by atomic mass is 9.91. The highest BCUT2D eigenvalue weighted by molar-refractivity contribution is 5.91. The first-order valence-corrected chi connectivity index (χ1v) is 9.30. The predicted molar refractivity (Wildman–Crippen MR) is 93.2 cm³/mol. The Labute approximate surface area is 142 Å². The summed E-state index contributed by atoms with van der Waals surface area (Å²) in [6.45, 7) is 12.2. The van der Waals surface area contributed by atoms with E-state index in [4.69, 9.17) is 9.47 Å². The number of carbonyl (C=O) groups is 2. The van der Waals surface area contributed by atoms with E-state index in [-0.39, 0.29) is 6.42 Å². The molecule has 0 fully saturated rings. The Morgan fingerprint density at radius 2 is 0.957 bits per heavy atom. The van der Waals surface area contributed by atoms with E-state index in [0.29, 0.717) is 0 Å². The van der Waals surface area contributed by atoms with E-state index in [0.717, 1.165) is 51.4 Å². The first kappa shape index (κ1) is 21.9. The van der Waals surface area contributed by atoms with Crippen molar-refractivity contribution in [1.29, 1.82) is 0 Å². The third kappa shape index (κ3) is 6.92. The van der Waals surface area contributed by atoms with Gasteiger partial charge in [0.2, 0.25) is 0 Å². The van der Waals surface area contributed by atoms with E-state index < -0.39 is 23.1 Å². The summed E-state index contributed by atoms with van der Waals surface area (Å²) in [4.78, 5) is 24.3. The summed E-state index contributed by atoms with van der Waals surface area (Å²) in [7, 11) is 0. The zero-order valence-electron chi connectivity index (χ0n) is 16.0. The number of hydrogen-bond acceptors (Lipinski definition) is 4. The summed E-state index contributed by atoms with van der Waals surface area (Å²) >= 11 is 0. The zero-order chi connectivity index (χ0) is 17.9. The van der Waals surface area contributed by atoms with Gasteiger partial charge in [0, 0.05) is 0 Å². The Balaban J connectivity index is 4.73. The topological polar surface area (TPSA) is 52.6 Å². The monoisotopic (exact) mass is 328 g/mol. The molecule has 136 valence electrons. The van der Waals surface area contributed by atoms with Crippen LogP contribution in [-0.4, -0.2) is 23.1 Å². The fourth-order valence-corrected chi connectivity index (χ4v) is 3.18. The van der Waals surface area contributed by atoms with Crippen LogP contribution in [0.2, 0.25) is 0 Å². The molecule has 0 saturated carbocycles. The highest BCUT2D eigenvalue weighted by Gasteiger charge is 2.33. The molecule has 0 bridgehead atoms. The number of ether oxygens (including phenoxy) is 2. The predicted octanol–water partition coefficient (Wildman–Crippen LogP) is 5.18. The maximum absolute atomic E-state index is 12.2. The van der Waals surface area contributed by atoms with E-state index in [1.807, 2.05) is 27.7 Å². The van der Waals surface area contributed by atoms with Gasteiger partial charge in [0.15, 0.2) is 0 Å². The van der Waals surface area contributed by atoms with Crippen molar-refractivity contribution in [2.45, 2.75) is 111 Å². The van der Waals surface area contributed by atoms with E-state index in [1.54, 1.807) is 0 Å². The molecule has 0 aliphatic rings. The van der Waals surface area contributed by atoms with Gasteiger partial charge in [-0.3, -0.25) is 9.59 Å². The summed E-state index contributed by atoms with van der Waals surface area (Å²) in [6.07, 6.45) is 6.31. The second-order valence-electron chi connectivity index (χ2n) is 6.41. The van der Waals surface area contributed by atoms with Crippen LogP contribution in [0.3, 0.4) is 0 Å². The van der Waals surface area contributed by atoms with Crippen LogP contribution in [0, 0.1) is 0 Å². The lowest BCUT2D eigenvalue weighted by Gasteiger charge is -2.33. The molecule has 23 heavy (non-hydrogen) atoms. The second kappa shape index (κ2) is 10.7. The largest absolute Gasteiger partial charge is 0.459 e. The fourth-order valence-electron chi connectivity index (χ4n) is 3.18. The highest BCUT2D eigenvalue weighted by atomic mass is 16.6. The minimum Gasteiger partial charge on any atom is -0.459 e. The van der Waals surface area contributed by atoms with Crippen LogP contribution in [0.5, 0.6) is 0 Å². The fraction of sp³-hybridized carbons (Fsp3) is 0.895. The van der Waals surface area contributed by atoms with Crippen LogP contribution in [0.15, 0.2) is 0 Å². The molecule has 0 rings (SSSR count). The molecule has 0 heterocycles. The molecule has 0 N–H and O–H groups in total. The van der Waals surface area contributed by atoms with Crippen molar-refractivity contribution in [3.63, 3.8) is 0 Å². The molecule has 0 atom stereocenters. The van der Waals surface area contributed by atoms with Gasteiger partial charge in [-0.05, 0) is 38.5 Å². The normalized spacial score (nSPS) is 12.1. The molecule has 0 aliphatic carbocycles. The SMILES string of the molecule is CCCC(CC)(CC)OC(=O)CC(=O)OC(CC)(CC)CCC. The van der Waals surface area contributed by atoms with Crippen molar-refractivity contribution >= 4 is 11.9 Å². The average molecular weight is 328 g/mol. The first-order valence-electron chi connectivity index (χ1n) is 9.30. The molecule has 0 amide bonds. The van der Waals surface area contributed by atoms with Crippen LogP contribution in [0.1, 0.15) is 99.3 Å². The van der Waals surface area contributed by atoms with Crippen molar-refractivity contribution in [3.8, 4) is 0 Å². The van der Waals surface area contributed by atoms with Crippen LogP contribution in [-0.2, 0) is 19.1 Å². The quantitative estimate of drug-likeness (QED) is 0.366. The van der Waals surface area contributed by atoms with Crippen molar-refractivity contribution in [1.82, 2.24) is 0 Å². The number of esters is 2. The maximum atomic E-state index is 12.2. The van der Waals surface area contributed by atoms with Gasteiger partial charge >= 0.3 is 11.9 Å². The van der Waals surface area contributed by atoms with Crippen LogP contribution in [0.4, 0.5) is 0 Å². The molecule has 0 unspecified atom stereocenters. The molecule has 0 aromatic rings. The molecule has 0 spiro atoms. The standard InChI is InChI=1S/C19H36O4/c1-7-13-18(9-3,10-4)22-16(20)15-17(21)23-19(11-5,12-6)14-8-2/h7-15H2,1-6H3. The van der Waals surface area contributed by atoms with Crippen molar-refractivity contribution in [3.05, 3.63) is 0 Å². The number of rotatable bonds is 12. The van der Waals surface area contributed by atoms with Gasteiger partial charge in [-0.25, -0.2) is 0 Å². The Kier molecular flexibility index (Phi) is 10.2. The number of carbonyl (C=O) groups excluding carboxylic acids is 2. The van der Waals surface area contributed by atoms with Crippen LogP contribution >= 0.6 is 0 Å². The molecule has 0 aliphatic heterocycles. The Morgan fingerprint density at radius 3 is 1.17 bits per heavy atom. The van der Waals surface area contributed by atoms with Crippen molar-refractivity contribution in [2.75, 3.05) is 0 Å². The third-order valence-corrected chi connectivity index (χ3v) is 4.94. The summed E-state index contributed by atoms with van der Waals surface area (Å²) < 4.78 is 11.3.